The highest BCUT2D eigenvalue weighted by Gasteiger charge is 2.12. The quantitative estimate of drug-likeness (QED) is 0.870. The van der Waals surface area contributed by atoms with Crippen LogP contribution in [0.4, 0.5) is 4.39 Å². The summed E-state index contributed by atoms with van der Waals surface area (Å²) in [5, 5.41) is 0. The first-order valence-electron chi connectivity index (χ1n) is 7.28. The van der Waals surface area contributed by atoms with Gasteiger partial charge in [-0.3, -0.25) is 0 Å². The lowest BCUT2D eigenvalue weighted by Gasteiger charge is -2.14. The van der Waals surface area contributed by atoms with Crippen LogP contribution in [0.15, 0.2) is 42.5 Å². The van der Waals surface area contributed by atoms with E-state index in [2.05, 4.69) is 13.8 Å². The van der Waals surface area contributed by atoms with E-state index in [4.69, 9.17) is 10.5 Å². The fourth-order valence-corrected chi connectivity index (χ4v) is 2.21. The molecule has 0 saturated carbocycles. The minimum Gasteiger partial charge on any atom is -0.454 e. The Hall–Kier alpha value is -1.87. The minimum atomic E-state index is -0.360. The van der Waals surface area contributed by atoms with Gasteiger partial charge in [0, 0.05) is 6.04 Å². The molecule has 21 heavy (non-hydrogen) atoms. The summed E-state index contributed by atoms with van der Waals surface area (Å²) < 4.78 is 19.8. The molecule has 0 aliphatic heterocycles. The Bertz CT molecular complexity index is 591. The number of hydrogen-bond donors (Lipinski definition) is 1. The van der Waals surface area contributed by atoms with E-state index in [0.29, 0.717) is 18.1 Å². The van der Waals surface area contributed by atoms with Gasteiger partial charge in [0.2, 0.25) is 0 Å². The highest BCUT2D eigenvalue weighted by molar-refractivity contribution is 5.40. The lowest BCUT2D eigenvalue weighted by Crippen LogP contribution is -2.18. The Balaban J connectivity index is 2.26. The summed E-state index contributed by atoms with van der Waals surface area (Å²) in [6.45, 7) is 6.16. The average Bonchev–Trinajstić information content (AvgIpc) is 2.42. The van der Waals surface area contributed by atoms with Crippen molar-refractivity contribution in [2.45, 2.75) is 39.2 Å². The van der Waals surface area contributed by atoms with Gasteiger partial charge in [-0.2, -0.15) is 0 Å². The largest absolute Gasteiger partial charge is 0.454 e. The average molecular weight is 287 g/mol. The molecule has 0 aliphatic carbocycles. The molecule has 0 radical (unpaired) electrons. The van der Waals surface area contributed by atoms with Crippen molar-refractivity contribution >= 4 is 0 Å². The van der Waals surface area contributed by atoms with Gasteiger partial charge in [0.25, 0.3) is 0 Å². The maximum absolute atomic E-state index is 14.0. The highest BCUT2D eigenvalue weighted by Crippen LogP contribution is 2.30. The normalized spacial score (nSPS) is 12.5. The number of hydrogen-bond acceptors (Lipinski definition) is 2. The highest BCUT2D eigenvalue weighted by atomic mass is 19.1. The first-order valence-corrected chi connectivity index (χ1v) is 7.28. The van der Waals surface area contributed by atoms with E-state index in [9.17, 15) is 4.39 Å². The second kappa shape index (κ2) is 6.72. The molecule has 2 aromatic rings. The Morgan fingerprint density at radius 3 is 2.29 bits per heavy atom. The standard InChI is InChI=1S/C18H22FNO/c1-12(2)14-7-9-16(10-8-14)21-18-15(11-13(3)20)5-4-6-17(18)19/h4-10,12-13H,11,20H2,1-3H3. The lowest BCUT2D eigenvalue weighted by atomic mass is 10.0. The van der Waals surface area contributed by atoms with Crippen molar-refractivity contribution in [1.29, 1.82) is 0 Å². The van der Waals surface area contributed by atoms with Crippen LogP contribution in [-0.2, 0) is 6.42 Å². The van der Waals surface area contributed by atoms with Gasteiger partial charge >= 0.3 is 0 Å². The molecule has 112 valence electrons. The maximum Gasteiger partial charge on any atom is 0.166 e. The van der Waals surface area contributed by atoms with Gasteiger partial charge in [-0.1, -0.05) is 38.1 Å². The Kier molecular flexibility index (Phi) is 4.97. The molecule has 2 rings (SSSR count). The van der Waals surface area contributed by atoms with Crippen LogP contribution < -0.4 is 10.5 Å². The van der Waals surface area contributed by atoms with E-state index in [0.717, 1.165) is 5.56 Å². The van der Waals surface area contributed by atoms with Gasteiger partial charge in [-0.05, 0) is 48.6 Å². The van der Waals surface area contributed by atoms with Crippen LogP contribution in [0.3, 0.4) is 0 Å². The number of rotatable bonds is 5. The minimum absolute atomic E-state index is 0.0440. The molecule has 1 unspecified atom stereocenters. The molecular formula is C18H22FNO. The summed E-state index contributed by atoms with van der Waals surface area (Å²) >= 11 is 0. The van der Waals surface area contributed by atoms with Crippen molar-refractivity contribution in [2.75, 3.05) is 0 Å². The summed E-state index contributed by atoms with van der Waals surface area (Å²) in [5.74, 6) is 1.00. The summed E-state index contributed by atoms with van der Waals surface area (Å²) in [7, 11) is 0. The monoisotopic (exact) mass is 287 g/mol. The zero-order chi connectivity index (χ0) is 15.4. The van der Waals surface area contributed by atoms with Gasteiger partial charge < -0.3 is 10.5 Å². The molecule has 0 fully saturated rings. The van der Waals surface area contributed by atoms with Crippen LogP contribution in [0.5, 0.6) is 11.5 Å². The van der Waals surface area contributed by atoms with E-state index in [1.807, 2.05) is 37.3 Å². The van der Waals surface area contributed by atoms with E-state index < -0.39 is 0 Å². The number of ether oxygens (including phenoxy) is 1. The number of halogens is 1. The van der Waals surface area contributed by atoms with Crippen molar-refractivity contribution in [3.8, 4) is 11.5 Å². The SMILES string of the molecule is CC(N)Cc1cccc(F)c1Oc1ccc(C(C)C)cc1. The van der Waals surface area contributed by atoms with E-state index in [1.54, 1.807) is 6.07 Å². The van der Waals surface area contributed by atoms with Crippen molar-refractivity contribution in [3.05, 3.63) is 59.4 Å². The topological polar surface area (TPSA) is 35.2 Å². The van der Waals surface area contributed by atoms with Crippen molar-refractivity contribution < 1.29 is 9.13 Å². The molecule has 0 heterocycles. The third-order valence-corrected chi connectivity index (χ3v) is 3.36. The fraction of sp³-hybridized carbons (Fsp3) is 0.333. The molecule has 3 heteroatoms. The Morgan fingerprint density at radius 1 is 1.05 bits per heavy atom. The molecule has 0 spiro atoms. The molecule has 0 aliphatic rings. The molecule has 1 atom stereocenters. The molecule has 2 nitrogen and oxygen atoms in total. The van der Waals surface area contributed by atoms with Crippen molar-refractivity contribution in [1.82, 2.24) is 0 Å². The van der Waals surface area contributed by atoms with Crippen LogP contribution in [-0.4, -0.2) is 6.04 Å². The molecule has 0 amide bonds. The molecule has 2 N–H and O–H groups in total. The van der Waals surface area contributed by atoms with Gasteiger partial charge in [0.15, 0.2) is 11.6 Å². The van der Waals surface area contributed by atoms with Crippen molar-refractivity contribution in [3.63, 3.8) is 0 Å². The van der Waals surface area contributed by atoms with Gasteiger partial charge in [-0.25, -0.2) is 4.39 Å². The number of nitrogens with two attached hydrogens (primary N) is 1. The summed E-state index contributed by atoms with van der Waals surface area (Å²) in [5.41, 5.74) is 7.83. The zero-order valence-corrected chi connectivity index (χ0v) is 12.8. The molecule has 0 bridgehead atoms. The second-order valence-corrected chi connectivity index (χ2v) is 5.74. The van der Waals surface area contributed by atoms with E-state index in [1.165, 1.54) is 11.6 Å². The Labute approximate surface area is 125 Å². The summed E-state index contributed by atoms with van der Waals surface area (Å²) in [4.78, 5) is 0. The van der Waals surface area contributed by atoms with Crippen LogP contribution >= 0.6 is 0 Å². The lowest BCUT2D eigenvalue weighted by molar-refractivity contribution is 0.434. The Morgan fingerprint density at radius 2 is 1.71 bits per heavy atom. The van der Waals surface area contributed by atoms with Gasteiger partial charge in [-0.15, -0.1) is 0 Å². The second-order valence-electron chi connectivity index (χ2n) is 5.74. The van der Waals surface area contributed by atoms with E-state index >= 15 is 0 Å². The van der Waals surface area contributed by atoms with Crippen LogP contribution in [0.25, 0.3) is 0 Å². The first-order chi connectivity index (χ1) is 9.97. The van der Waals surface area contributed by atoms with E-state index in [-0.39, 0.29) is 17.6 Å². The zero-order valence-electron chi connectivity index (χ0n) is 12.8. The fourth-order valence-electron chi connectivity index (χ4n) is 2.21. The molecule has 2 aromatic carbocycles. The summed E-state index contributed by atoms with van der Waals surface area (Å²) in [6, 6.07) is 12.7. The van der Waals surface area contributed by atoms with Crippen molar-refractivity contribution in [2.24, 2.45) is 5.73 Å². The maximum atomic E-state index is 14.0. The van der Waals surface area contributed by atoms with Gasteiger partial charge in [0.05, 0.1) is 0 Å². The first kappa shape index (κ1) is 15.5. The molecule has 0 aromatic heterocycles. The summed E-state index contributed by atoms with van der Waals surface area (Å²) in [6.07, 6.45) is 0.581. The van der Waals surface area contributed by atoms with Gasteiger partial charge in [0.1, 0.15) is 5.75 Å². The van der Waals surface area contributed by atoms with Crippen LogP contribution in [0, 0.1) is 5.82 Å². The smallest absolute Gasteiger partial charge is 0.166 e. The van der Waals surface area contributed by atoms with Crippen LogP contribution in [0.1, 0.15) is 37.8 Å². The predicted octanol–water partition coefficient (Wildman–Crippen LogP) is 4.63. The molecular weight excluding hydrogens is 265 g/mol. The number of benzene rings is 2. The third kappa shape index (κ3) is 4.05. The third-order valence-electron chi connectivity index (χ3n) is 3.36. The number of para-hydroxylation sites is 1. The van der Waals surface area contributed by atoms with Crippen LogP contribution in [0.2, 0.25) is 0 Å². The predicted molar refractivity (Wildman–Crippen MR) is 84.4 cm³/mol. The molecule has 0 saturated heterocycles.